The molecule has 0 aliphatic rings. The molecule has 108 valence electrons. The van der Waals surface area contributed by atoms with Crippen LogP contribution in [0.2, 0.25) is 10.0 Å². The van der Waals surface area contributed by atoms with E-state index in [0.29, 0.717) is 15.8 Å². The monoisotopic (exact) mass is 384 g/mol. The Morgan fingerprint density at radius 3 is 2.52 bits per heavy atom. The van der Waals surface area contributed by atoms with Crippen LogP contribution in [0.5, 0.6) is 5.75 Å². The van der Waals surface area contributed by atoms with Gasteiger partial charge in [-0.25, -0.2) is 0 Å². The minimum absolute atomic E-state index is 0.467. The zero-order chi connectivity index (χ0) is 15.4. The fourth-order valence-corrected chi connectivity index (χ4v) is 2.57. The highest BCUT2D eigenvalue weighted by Gasteiger charge is 2.13. The second-order valence-electron chi connectivity index (χ2n) is 4.23. The number of methoxy groups -OCH3 is 1. The van der Waals surface area contributed by atoms with Crippen LogP contribution in [0.25, 0.3) is 0 Å². The quantitative estimate of drug-likeness (QED) is 0.761. The topological polar surface area (TPSA) is 45.0 Å². The summed E-state index contributed by atoms with van der Waals surface area (Å²) >= 11 is 15.4. The Balaban J connectivity index is 2.26. The van der Waals surface area contributed by atoms with Gasteiger partial charge in [0.25, 0.3) is 0 Å². The maximum absolute atomic E-state index is 9.36. The predicted molar refractivity (Wildman–Crippen MR) is 89.1 cm³/mol. The van der Waals surface area contributed by atoms with Crippen LogP contribution in [0, 0.1) is 11.3 Å². The van der Waals surface area contributed by atoms with E-state index in [2.05, 4.69) is 27.3 Å². The number of rotatable bonds is 4. The molecule has 0 amide bonds. The lowest BCUT2D eigenvalue weighted by atomic mass is 10.1. The Bertz CT molecular complexity index is 701. The van der Waals surface area contributed by atoms with E-state index in [1.165, 1.54) is 0 Å². The lowest BCUT2D eigenvalue weighted by Crippen LogP contribution is -2.08. The molecule has 0 spiro atoms. The Hall–Kier alpha value is -1.41. The molecule has 1 N–H and O–H groups in total. The highest BCUT2D eigenvalue weighted by Crippen LogP contribution is 2.30. The summed E-state index contributed by atoms with van der Waals surface area (Å²) in [6.45, 7) is 0. The molecule has 0 bridgehead atoms. The van der Waals surface area contributed by atoms with E-state index in [4.69, 9.17) is 27.9 Å². The first-order chi connectivity index (χ1) is 10.0. The largest absolute Gasteiger partial charge is 0.495 e. The number of benzene rings is 2. The van der Waals surface area contributed by atoms with Crippen LogP contribution in [0.15, 0.2) is 40.9 Å². The van der Waals surface area contributed by atoms with E-state index < -0.39 is 6.04 Å². The summed E-state index contributed by atoms with van der Waals surface area (Å²) in [5.74, 6) is 0.575. The predicted octanol–water partition coefficient (Wildman–Crippen LogP) is 5.44. The number of halogens is 3. The Morgan fingerprint density at radius 1 is 1.19 bits per heavy atom. The first-order valence-corrected chi connectivity index (χ1v) is 7.54. The first kappa shape index (κ1) is 16.0. The van der Waals surface area contributed by atoms with Crippen LogP contribution in [0.3, 0.4) is 0 Å². The molecule has 2 aromatic rings. The average Bonchev–Trinajstić information content (AvgIpc) is 2.48. The van der Waals surface area contributed by atoms with Gasteiger partial charge in [-0.1, -0.05) is 29.3 Å². The number of nitrogens with one attached hydrogen (secondary N) is 1. The molecule has 0 radical (unpaired) electrons. The van der Waals surface area contributed by atoms with Crippen molar-refractivity contribution in [2.24, 2.45) is 0 Å². The standard InChI is InChI=1S/C15H11BrCl2N2O/c1-21-15-5-2-9(6-13(15)18)14(8-19)20-10-3-4-12(17)11(16)7-10/h2-7,14,20H,1H3. The number of hydrogen-bond acceptors (Lipinski definition) is 3. The van der Waals surface area contributed by atoms with Crippen molar-refractivity contribution in [2.45, 2.75) is 6.04 Å². The van der Waals surface area contributed by atoms with Gasteiger partial charge in [0.2, 0.25) is 0 Å². The van der Waals surface area contributed by atoms with Gasteiger partial charge in [0.15, 0.2) is 0 Å². The van der Waals surface area contributed by atoms with Crippen molar-refractivity contribution in [2.75, 3.05) is 12.4 Å². The third-order valence-electron chi connectivity index (χ3n) is 2.87. The number of anilines is 1. The van der Waals surface area contributed by atoms with Gasteiger partial charge in [0, 0.05) is 10.2 Å². The van der Waals surface area contributed by atoms with E-state index in [9.17, 15) is 5.26 Å². The molecular formula is C15H11BrCl2N2O. The summed E-state index contributed by atoms with van der Waals surface area (Å²) in [4.78, 5) is 0. The Morgan fingerprint density at radius 2 is 1.95 bits per heavy atom. The highest BCUT2D eigenvalue weighted by molar-refractivity contribution is 9.10. The average molecular weight is 386 g/mol. The summed E-state index contributed by atoms with van der Waals surface area (Å²) in [7, 11) is 1.55. The third kappa shape index (κ3) is 3.82. The second-order valence-corrected chi connectivity index (χ2v) is 5.90. The van der Waals surface area contributed by atoms with Gasteiger partial charge in [-0.3, -0.25) is 0 Å². The minimum Gasteiger partial charge on any atom is -0.495 e. The van der Waals surface area contributed by atoms with Gasteiger partial charge >= 0.3 is 0 Å². The Kier molecular flexibility index (Phi) is 5.35. The van der Waals surface area contributed by atoms with E-state index in [0.717, 1.165) is 15.7 Å². The minimum atomic E-state index is -0.526. The molecule has 0 aliphatic heterocycles. The molecule has 0 aromatic heterocycles. The molecule has 0 aliphatic carbocycles. The SMILES string of the molecule is COc1ccc(C(C#N)Nc2ccc(Cl)c(Br)c2)cc1Cl. The van der Waals surface area contributed by atoms with Crippen molar-refractivity contribution >= 4 is 44.8 Å². The molecule has 2 rings (SSSR count). The normalized spacial score (nSPS) is 11.6. The van der Waals surface area contributed by atoms with Crippen molar-refractivity contribution in [3.05, 3.63) is 56.5 Å². The second kappa shape index (κ2) is 7.04. The zero-order valence-electron chi connectivity index (χ0n) is 11.0. The molecule has 3 nitrogen and oxygen atoms in total. The van der Waals surface area contributed by atoms with Crippen LogP contribution in [0.1, 0.15) is 11.6 Å². The molecule has 0 fully saturated rings. The maximum atomic E-state index is 9.36. The first-order valence-electron chi connectivity index (χ1n) is 6.00. The van der Waals surface area contributed by atoms with Crippen molar-refractivity contribution in [1.82, 2.24) is 0 Å². The molecule has 21 heavy (non-hydrogen) atoms. The van der Waals surface area contributed by atoms with Crippen LogP contribution in [-0.2, 0) is 0 Å². The molecule has 0 saturated carbocycles. The summed E-state index contributed by atoms with van der Waals surface area (Å²) in [5, 5.41) is 13.6. The number of nitrogens with zero attached hydrogens (tertiary/aromatic N) is 1. The molecule has 6 heteroatoms. The Labute approximate surface area is 141 Å². The van der Waals surface area contributed by atoms with Gasteiger partial charge in [0.1, 0.15) is 11.8 Å². The summed E-state index contributed by atoms with van der Waals surface area (Å²) in [6.07, 6.45) is 0. The molecule has 1 atom stereocenters. The van der Waals surface area contributed by atoms with Gasteiger partial charge in [0.05, 0.1) is 23.2 Å². The fraction of sp³-hybridized carbons (Fsp3) is 0.133. The van der Waals surface area contributed by atoms with Crippen LogP contribution < -0.4 is 10.1 Å². The number of hydrogen-bond donors (Lipinski definition) is 1. The molecule has 1 unspecified atom stereocenters. The van der Waals surface area contributed by atoms with E-state index >= 15 is 0 Å². The van der Waals surface area contributed by atoms with E-state index in [-0.39, 0.29) is 0 Å². The van der Waals surface area contributed by atoms with Gasteiger partial charge < -0.3 is 10.1 Å². The van der Waals surface area contributed by atoms with Gasteiger partial charge in [-0.15, -0.1) is 0 Å². The van der Waals surface area contributed by atoms with Crippen LogP contribution in [0.4, 0.5) is 5.69 Å². The summed E-state index contributed by atoms with van der Waals surface area (Å²) < 4.78 is 5.87. The lowest BCUT2D eigenvalue weighted by Gasteiger charge is -2.15. The summed E-state index contributed by atoms with van der Waals surface area (Å²) in [5.41, 5.74) is 1.54. The van der Waals surface area contributed by atoms with E-state index in [1.807, 2.05) is 12.1 Å². The van der Waals surface area contributed by atoms with E-state index in [1.54, 1.807) is 31.4 Å². The molecule has 0 saturated heterocycles. The highest BCUT2D eigenvalue weighted by atomic mass is 79.9. The summed E-state index contributed by atoms with van der Waals surface area (Å²) in [6, 6.07) is 12.3. The smallest absolute Gasteiger partial charge is 0.140 e. The molecular weight excluding hydrogens is 375 g/mol. The van der Waals surface area contributed by atoms with Crippen molar-refractivity contribution in [3.8, 4) is 11.8 Å². The fourth-order valence-electron chi connectivity index (χ4n) is 1.80. The number of ether oxygens (including phenoxy) is 1. The third-order valence-corrected chi connectivity index (χ3v) is 4.38. The number of nitriles is 1. The van der Waals surface area contributed by atoms with Crippen molar-refractivity contribution in [1.29, 1.82) is 5.26 Å². The van der Waals surface area contributed by atoms with Crippen molar-refractivity contribution in [3.63, 3.8) is 0 Å². The van der Waals surface area contributed by atoms with Crippen molar-refractivity contribution < 1.29 is 4.74 Å². The van der Waals surface area contributed by atoms with Crippen LogP contribution >= 0.6 is 39.1 Å². The lowest BCUT2D eigenvalue weighted by molar-refractivity contribution is 0.415. The van der Waals surface area contributed by atoms with Crippen LogP contribution in [-0.4, -0.2) is 7.11 Å². The van der Waals surface area contributed by atoms with Gasteiger partial charge in [-0.2, -0.15) is 5.26 Å². The van der Waals surface area contributed by atoms with Gasteiger partial charge in [-0.05, 0) is 51.8 Å². The maximum Gasteiger partial charge on any atom is 0.140 e. The molecule has 2 aromatic carbocycles. The zero-order valence-corrected chi connectivity index (χ0v) is 14.1. The molecule has 0 heterocycles.